The predicted octanol–water partition coefficient (Wildman–Crippen LogP) is 7.13. The number of nitrogens with one attached hydrogen (secondary N) is 2. The van der Waals surface area contributed by atoms with E-state index in [9.17, 15) is 18.0 Å². The number of ether oxygens (including phenoxy) is 1. The number of rotatable bonds is 9. The van der Waals surface area contributed by atoms with Gasteiger partial charge in [-0.15, -0.1) is 13.2 Å². The van der Waals surface area contributed by atoms with Crippen LogP contribution in [0.3, 0.4) is 0 Å². The van der Waals surface area contributed by atoms with Gasteiger partial charge in [-0.2, -0.15) is 0 Å². The summed E-state index contributed by atoms with van der Waals surface area (Å²) >= 11 is 0.899. The van der Waals surface area contributed by atoms with Gasteiger partial charge in [-0.3, -0.25) is 4.72 Å². The summed E-state index contributed by atoms with van der Waals surface area (Å²) in [5, 5.41) is 2.83. The number of nitrogens with zero attached hydrogens (tertiary/aromatic N) is 4. The van der Waals surface area contributed by atoms with Gasteiger partial charge in [0, 0.05) is 42.6 Å². The van der Waals surface area contributed by atoms with E-state index in [0.717, 1.165) is 34.5 Å². The molecule has 3 aromatic rings. The maximum absolute atomic E-state index is 12.3. The number of carbonyl (C=O) groups is 1. The molecule has 2 aromatic carbocycles. The second kappa shape index (κ2) is 13.0. The molecule has 0 saturated heterocycles. The molecule has 0 atom stereocenters. The van der Waals surface area contributed by atoms with Crippen LogP contribution in [0.2, 0.25) is 0 Å². The van der Waals surface area contributed by atoms with Gasteiger partial charge in [-0.05, 0) is 60.4 Å². The first-order valence-electron chi connectivity index (χ1n) is 11.5. The lowest BCUT2D eigenvalue weighted by atomic mass is 10.0. The van der Waals surface area contributed by atoms with Crippen LogP contribution in [0.15, 0.2) is 70.9 Å². The minimum absolute atomic E-state index is 0.275. The summed E-state index contributed by atoms with van der Waals surface area (Å²) in [6, 6.07) is 12.7. The average Bonchev–Trinajstić information content (AvgIpc) is 2.86. The predicted molar refractivity (Wildman–Crippen MR) is 146 cm³/mol. The zero-order valence-electron chi connectivity index (χ0n) is 21.2. The van der Waals surface area contributed by atoms with Crippen molar-refractivity contribution in [3.05, 3.63) is 77.6 Å². The van der Waals surface area contributed by atoms with Gasteiger partial charge in [0.25, 0.3) is 0 Å². The molecular weight excluding hydrogens is 517 g/mol. The first-order valence-corrected chi connectivity index (χ1v) is 12.2. The second-order valence-corrected chi connectivity index (χ2v) is 9.03. The quantitative estimate of drug-likeness (QED) is 0.220. The van der Waals surface area contributed by atoms with Crippen LogP contribution >= 0.6 is 12.1 Å². The molecule has 12 heteroatoms. The zero-order valence-corrected chi connectivity index (χ0v) is 22.0. The minimum Gasteiger partial charge on any atom is -0.406 e. The van der Waals surface area contributed by atoms with E-state index in [0.29, 0.717) is 11.6 Å². The Bertz CT molecular complexity index is 1280. The van der Waals surface area contributed by atoms with Crippen molar-refractivity contribution in [2.45, 2.75) is 33.1 Å². The molecule has 0 saturated carbocycles. The molecule has 1 aromatic heterocycles. The third kappa shape index (κ3) is 8.80. The van der Waals surface area contributed by atoms with Crippen LogP contribution in [0.4, 0.5) is 35.3 Å². The summed E-state index contributed by atoms with van der Waals surface area (Å²) in [7, 11) is 1.70. The third-order valence-corrected chi connectivity index (χ3v) is 5.58. The number of urea groups is 1. The number of benzene rings is 2. The molecule has 2 N–H and O–H groups in total. The largest absolute Gasteiger partial charge is 0.573 e. The van der Waals surface area contributed by atoms with E-state index in [1.165, 1.54) is 24.3 Å². The Balaban J connectivity index is 1.51. The molecule has 0 unspecified atom stereocenters. The number of hydrogen-bond acceptors (Lipinski definition) is 7. The molecule has 3 rings (SSSR count). The molecule has 200 valence electrons. The Labute approximate surface area is 223 Å². The number of halogens is 3. The number of aromatic nitrogens is 2. The van der Waals surface area contributed by atoms with E-state index in [2.05, 4.69) is 43.0 Å². The summed E-state index contributed by atoms with van der Waals surface area (Å²) in [6.07, 6.45) is 1.89. The SMILES string of the molecule is CC(/C=N/SNC(=O)Nc1ccccc1C(C)C)=C\c1cnc(N(C)c2ccc(OC(F)(F)F)cc2)nc1. The van der Waals surface area contributed by atoms with E-state index < -0.39 is 6.36 Å². The normalized spacial score (nSPS) is 12.1. The topological polar surface area (TPSA) is 91.7 Å². The maximum atomic E-state index is 12.3. The fraction of sp³-hybridized carbons (Fsp3) is 0.231. The average molecular weight is 545 g/mol. The Hall–Kier alpha value is -4.06. The van der Waals surface area contributed by atoms with E-state index in [-0.39, 0.29) is 17.7 Å². The molecule has 1 heterocycles. The number of para-hydroxylation sites is 1. The lowest BCUT2D eigenvalue weighted by Crippen LogP contribution is -2.23. The lowest BCUT2D eigenvalue weighted by molar-refractivity contribution is -0.274. The van der Waals surface area contributed by atoms with Crippen molar-refractivity contribution in [1.29, 1.82) is 0 Å². The van der Waals surface area contributed by atoms with Crippen LogP contribution in [0.5, 0.6) is 5.75 Å². The number of alkyl halides is 3. The van der Waals surface area contributed by atoms with Gasteiger partial charge in [-0.1, -0.05) is 32.0 Å². The number of allylic oxidation sites excluding steroid dienone is 1. The highest BCUT2D eigenvalue weighted by Crippen LogP contribution is 2.27. The van der Waals surface area contributed by atoms with Gasteiger partial charge in [-0.25, -0.2) is 19.2 Å². The van der Waals surface area contributed by atoms with Gasteiger partial charge in [0.05, 0.1) is 12.1 Å². The Morgan fingerprint density at radius 2 is 1.76 bits per heavy atom. The van der Waals surface area contributed by atoms with Crippen LogP contribution in [-0.2, 0) is 0 Å². The molecule has 0 spiro atoms. The van der Waals surface area contributed by atoms with E-state index in [1.807, 2.05) is 37.3 Å². The number of anilines is 3. The highest BCUT2D eigenvalue weighted by Gasteiger charge is 2.31. The molecule has 2 amide bonds. The van der Waals surface area contributed by atoms with Crippen molar-refractivity contribution >= 4 is 47.8 Å². The fourth-order valence-electron chi connectivity index (χ4n) is 3.31. The molecule has 0 aliphatic carbocycles. The third-order valence-electron chi connectivity index (χ3n) is 5.09. The maximum Gasteiger partial charge on any atom is 0.573 e. The van der Waals surface area contributed by atoms with Gasteiger partial charge in [0.15, 0.2) is 0 Å². The van der Waals surface area contributed by atoms with Gasteiger partial charge >= 0.3 is 12.4 Å². The van der Waals surface area contributed by atoms with Crippen molar-refractivity contribution < 1.29 is 22.7 Å². The smallest absolute Gasteiger partial charge is 0.406 e. The summed E-state index contributed by atoms with van der Waals surface area (Å²) < 4.78 is 47.6. The van der Waals surface area contributed by atoms with Gasteiger partial charge in [0.1, 0.15) is 5.75 Å². The molecule has 8 nitrogen and oxygen atoms in total. The van der Waals surface area contributed by atoms with Crippen LogP contribution in [0.1, 0.15) is 37.8 Å². The van der Waals surface area contributed by atoms with Crippen molar-refractivity contribution in [3.8, 4) is 5.75 Å². The first-order chi connectivity index (χ1) is 18.0. The van der Waals surface area contributed by atoms with Gasteiger partial charge < -0.3 is 15.0 Å². The van der Waals surface area contributed by atoms with E-state index in [4.69, 9.17) is 0 Å². The Kier molecular flexibility index (Phi) is 9.72. The van der Waals surface area contributed by atoms with Crippen molar-refractivity contribution in [3.63, 3.8) is 0 Å². The first kappa shape index (κ1) is 28.5. The van der Waals surface area contributed by atoms with E-state index in [1.54, 1.807) is 30.6 Å². The van der Waals surface area contributed by atoms with Crippen LogP contribution < -0.4 is 19.7 Å². The van der Waals surface area contributed by atoms with Crippen molar-refractivity contribution in [1.82, 2.24) is 14.7 Å². The Morgan fingerprint density at radius 3 is 2.39 bits per heavy atom. The Morgan fingerprint density at radius 1 is 1.11 bits per heavy atom. The second-order valence-electron chi connectivity index (χ2n) is 8.43. The zero-order chi connectivity index (χ0) is 27.7. The lowest BCUT2D eigenvalue weighted by Gasteiger charge is -2.17. The minimum atomic E-state index is -4.74. The molecule has 0 radical (unpaired) electrons. The van der Waals surface area contributed by atoms with E-state index >= 15 is 0 Å². The molecule has 0 aliphatic heterocycles. The molecule has 0 fully saturated rings. The monoisotopic (exact) mass is 544 g/mol. The summed E-state index contributed by atoms with van der Waals surface area (Å²) in [5.74, 6) is 0.332. The van der Waals surface area contributed by atoms with Crippen LogP contribution in [0.25, 0.3) is 6.08 Å². The highest BCUT2D eigenvalue weighted by atomic mass is 32.2. The van der Waals surface area contributed by atoms with Crippen LogP contribution in [-0.4, -0.2) is 35.6 Å². The van der Waals surface area contributed by atoms with Gasteiger partial charge in [0.2, 0.25) is 5.95 Å². The number of hydrogen-bond donors (Lipinski definition) is 2. The molecule has 38 heavy (non-hydrogen) atoms. The number of amides is 2. The van der Waals surface area contributed by atoms with Crippen molar-refractivity contribution in [2.24, 2.45) is 4.40 Å². The molecular formula is C26H27F3N6O2S. The van der Waals surface area contributed by atoms with Crippen LogP contribution in [0, 0.1) is 0 Å². The fourth-order valence-corrected chi connectivity index (χ4v) is 3.71. The molecule has 0 aliphatic rings. The standard InChI is InChI=1S/C26H27F3N6O2S/c1-17(2)22-7-5-6-8-23(22)33-25(36)34-38-32-14-18(3)13-19-15-30-24(31-16-19)35(4)20-9-11-21(12-10-20)37-26(27,28)29/h5-17H,1-4H3,(H2,33,34,36)/b18-13+,32-14+. The number of carbonyl (C=O) groups excluding carboxylic acids is 1. The summed E-state index contributed by atoms with van der Waals surface area (Å²) in [4.78, 5) is 22.4. The highest BCUT2D eigenvalue weighted by molar-refractivity contribution is 7.96. The molecule has 0 bridgehead atoms. The van der Waals surface area contributed by atoms with Crippen molar-refractivity contribution in [2.75, 3.05) is 17.3 Å². The summed E-state index contributed by atoms with van der Waals surface area (Å²) in [6.45, 7) is 5.96. The summed E-state index contributed by atoms with van der Waals surface area (Å²) in [5.41, 5.74) is 3.91.